The highest BCUT2D eigenvalue weighted by Gasteiger charge is 2.17. The van der Waals surface area contributed by atoms with Crippen LogP contribution in [0.1, 0.15) is 48.3 Å². The number of aromatic nitrogens is 2. The predicted octanol–water partition coefficient (Wildman–Crippen LogP) is 4.68. The van der Waals surface area contributed by atoms with Crippen molar-refractivity contribution < 1.29 is 9.18 Å². The topological polar surface area (TPSA) is 76.0 Å². The van der Waals surface area contributed by atoms with Crippen LogP contribution in [0.15, 0.2) is 59.4 Å². The molecule has 2 N–H and O–H groups in total. The molecule has 0 radical (unpaired) electrons. The predicted molar refractivity (Wildman–Crippen MR) is 119 cm³/mol. The van der Waals surface area contributed by atoms with E-state index >= 15 is 0 Å². The number of amides is 1. The molecule has 0 spiro atoms. The Labute approximate surface area is 180 Å². The molecular formula is C24H25FN4O2. The fourth-order valence-electron chi connectivity index (χ4n) is 3.89. The Morgan fingerprint density at radius 3 is 2.42 bits per heavy atom. The van der Waals surface area contributed by atoms with Gasteiger partial charge in [0.15, 0.2) is 5.69 Å². The Balaban J connectivity index is 1.51. The summed E-state index contributed by atoms with van der Waals surface area (Å²) in [5.41, 5.74) is 1.35. The minimum atomic E-state index is -0.636. The summed E-state index contributed by atoms with van der Waals surface area (Å²) in [5, 5.41) is 10.4. The van der Waals surface area contributed by atoms with Crippen LogP contribution in [0.4, 0.5) is 15.8 Å². The highest BCUT2D eigenvalue weighted by molar-refractivity contribution is 6.02. The Morgan fingerprint density at radius 2 is 1.71 bits per heavy atom. The highest BCUT2D eigenvalue weighted by Crippen LogP contribution is 2.22. The molecule has 0 saturated heterocycles. The van der Waals surface area contributed by atoms with Gasteiger partial charge in [0.25, 0.3) is 5.91 Å². The fraction of sp³-hybridized carbons (Fsp3) is 0.292. The van der Waals surface area contributed by atoms with Gasteiger partial charge in [0.05, 0.1) is 0 Å². The number of aryl methyl sites for hydroxylation is 1. The maximum Gasteiger partial charge on any atom is 0.280 e. The van der Waals surface area contributed by atoms with Crippen molar-refractivity contribution in [1.82, 2.24) is 9.78 Å². The summed E-state index contributed by atoms with van der Waals surface area (Å²) in [7, 11) is 0. The van der Waals surface area contributed by atoms with Gasteiger partial charge < -0.3 is 10.6 Å². The number of rotatable bonds is 5. The van der Waals surface area contributed by atoms with Gasteiger partial charge in [0, 0.05) is 29.2 Å². The third-order valence-corrected chi connectivity index (χ3v) is 5.52. The third-order valence-electron chi connectivity index (χ3n) is 5.52. The molecular weight excluding hydrogens is 395 g/mol. The lowest BCUT2D eigenvalue weighted by atomic mass is 9.95. The average molecular weight is 420 g/mol. The summed E-state index contributed by atoms with van der Waals surface area (Å²) in [6.07, 6.45) is 6.14. The fourth-order valence-corrected chi connectivity index (χ4v) is 3.89. The number of anilines is 2. The van der Waals surface area contributed by atoms with E-state index in [9.17, 15) is 14.0 Å². The molecule has 1 heterocycles. The summed E-state index contributed by atoms with van der Waals surface area (Å²) >= 11 is 0. The van der Waals surface area contributed by atoms with Gasteiger partial charge in [-0.15, -0.1) is 0 Å². The molecule has 1 aliphatic rings. The molecule has 0 atom stereocenters. The van der Waals surface area contributed by atoms with E-state index in [1.54, 1.807) is 37.3 Å². The van der Waals surface area contributed by atoms with Crippen LogP contribution in [0.2, 0.25) is 0 Å². The number of nitrogens with one attached hydrogen (secondary N) is 2. The second kappa shape index (κ2) is 9.12. The van der Waals surface area contributed by atoms with Crippen molar-refractivity contribution >= 4 is 17.3 Å². The van der Waals surface area contributed by atoms with Gasteiger partial charge in [-0.05, 0) is 56.2 Å². The molecule has 1 fully saturated rings. The van der Waals surface area contributed by atoms with Crippen molar-refractivity contribution in [3.63, 3.8) is 0 Å². The van der Waals surface area contributed by atoms with Crippen LogP contribution in [0, 0.1) is 12.7 Å². The monoisotopic (exact) mass is 420 g/mol. The van der Waals surface area contributed by atoms with Crippen LogP contribution in [-0.2, 0) is 0 Å². The standard InChI is InChI=1S/C24H25FN4O2/c1-16-15-22(30)23(28-29(16)21-10-6-5-9-20(21)25)24(31)27-19-13-11-18(12-14-19)26-17-7-3-2-4-8-17/h5-6,9-15,17,26H,2-4,7-8H2,1H3,(H,27,31). The Kier molecular flexibility index (Phi) is 6.11. The summed E-state index contributed by atoms with van der Waals surface area (Å²) in [5.74, 6) is -1.13. The molecule has 160 valence electrons. The maximum atomic E-state index is 14.2. The third kappa shape index (κ3) is 4.82. The molecule has 1 aliphatic carbocycles. The van der Waals surface area contributed by atoms with E-state index in [0.29, 0.717) is 17.4 Å². The van der Waals surface area contributed by atoms with Gasteiger partial charge in [-0.3, -0.25) is 9.59 Å². The molecule has 1 aromatic heterocycles. The number of hydrogen-bond acceptors (Lipinski definition) is 4. The summed E-state index contributed by atoms with van der Waals surface area (Å²) < 4.78 is 15.5. The normalized spacial score (nSPS) is 14.3. The van der Waals surface area contributed by atoms with E-state index in [4.69, 9.17) is 0 Å². The van der Waals surface area contributed by atoms with Crippen LogP contribution < -0.4 is 16.1 Å². The number of benzene rings is 2. The first-order valence-electron chi connectivity index (χ1n) is 10.5. The van der Waals surface area contributed by atoms with Crippen molar-refractivity contribution in [2.45, 2.75) is 45.1 Å². The largest absolute Gasteiger partial charge is 0.382 e. The molecule has 31 heavy (non-hydrogen) atoms. The zero-order valence-corrected chi connectivity index (χ0v) is 17.4. The molecule has 0 aliphatic heterocycles. The van der Waals surface area contributed by atoms with Crippen LogP contribution in [0.5, 0.6) is 0 Å². The van der Waals surface area contributed by atoms with Gasteiger partial charge in [0.1, 0.15) is 11.5 Å². The van der Waals surface area contributed by atoms with E-state index in [0.717, 1.165) is 5.69 Å². The zero-order valence-electron chi connectivity index (χ0n) is 17.4. The molecule has 0 bridgehead atoms. The SMILES string of the molecule is Cc1cc(=O)c(C(=O)Nc2ccc(NC3CCCCC3)cc2)nn1-c1ccccc1F. The Hall–Kier alpha value is -3.48. The quantitative estimate of drug-likeness (QED) is 0.629. The molecule has 3 aromatic rings. The number of carbonyl (C=O) groups excluding carboxylic acids is 1. The molecule has 1 amide bonds. The van der Waals surface area contributed by atoms with Crippen LogP contribution in [0.25, 0.3) is 5.69 Å². The first-order chi connectivity index (χ1) is 15.0. The molecule has 0 unspecified atom stereocenters. The van der Waals surface area contributed by atoms with Gasteiger partial charge in [-0.1, -0.05) is 31.4 Å². The number of carbonyl (C=O) groups is 1. The van der Waals surface area contributed by atoms with E-state index < -0.39 is 17.2 Å². The molecule has 4 rings (SSSR count). The number of nitrogens with zero attached hydrogens (tertiary/aromatic N) is 2. The molecule has 6 nitrogen and oxygen atoms in total. The molecule has 1 saturated carbocycles. The van der Waals surface area contributed by atoms with Crippen molar-refractivity contribution in [1.29, 1.82) is 0 Å². The van der Waals surface area contributed by atoms with Gasteiger partial charge in [-0.2, -0.15) is 5.10 Å². The van der Waals surface area contributed by atoms with Crippen molar-refractivity contribution in [2.75, 3.05) is 10.6 Å². The lowest BCUT2D eigenvalue weighted by Gasteiger charge is -2.23. The maximum absolute atomic E-state index is 14.2. The lowest BCUT2D eigenvalue weighted by Crippen LogP contribution is -2.27. The van der Waals surface area contributed by atoms with Crippen molar-refractivity contribution in [2.24, 2.45) is 0 Å². The number of hydrogen-bond donors (Lipinski definition) is 2. The summed E-state index contributed by atoms with van der Waals surface area (Å²) in [4.78, 5) is 25.1. The van der Waals surface area contributed by atoms with Gasteiger partial charge in [0.2, 0.25) is 5.43 Å². The smallest absolute Gasteiger partial charge is 0.280 e. The van der Waals surface area contributed by atoms with E-state index in [1.165, 1.54) is 48.9 Å². The first kappa shape index (κ1) is 20.8. The van der Waals surface area contributed by atoms with E-state index in [-0.39, 0.29) is 11.4 Å². The minimum Gasteiger partial charge on any atom is -0.382 e. The number of para-hydroxylation sites is 1. The zero-order chi connectivity index (χ0) is 21.8. The lowest BCUT2D eigenvalue weighted by molar-refractivity contribution is 0.101. The summed E-state index contributed by atoms with van der Waals surface area (Å²) in [6, 6.07) is 15.2. The van der Waals surface area contributed by atoms with Crippen molar-refractivity contribution in [3.8, 4) is 5.69 Å². The molecule has 7 heteroatoms. The Morgan fingerprint density at radius 1 is 1.03 bits per heavy atom. The Bertz CT molecular complexity index is 1140. The van der Waals surface area contributed by atoms with E-state index in [2.05, 4.69) is 15.7 Å². The van der Waals surface area contributed by atoms with E-state index in [1.807, 2.05) is 12.1 Å². The first-order valence-corrected chi connectivity index (χ1v) is 10.5. The van der Waals surface area contributed by atoms with Gasteiger partial charge >= 0.3 is 0 Å². The van der Waals surface area contributed by atoms with Crippen LogP contribution in [-0.4, -0.2) is 21.7 Å². The second-order valence-corrected chi connectivity index (χ2v) is 7.87. The second-order valence-electron chi connectivity index (χ2n) is 7.87. The number of halogens is 1. The minimum absolute atomic E-state index is 0.173. The highest BCUT2D eigenvalue weighted by atomic mass is 19.1. The van der Waals surface area contributed by atoms with Crippen LogP contribution in [0.3, 0.4) is 0 Å². The van der Waals surface area contributed by atoms with Crippen LogP contribution >= 0.6 is 0 Å². The van der Waals surface area contributed by atoms with Crippen molar-refractivity contribution in [3.05, 3.63) is 82.0 Å². The van der Waals surface area contributed by atoms with Gasteiger partial charge in [-0.25, -0.2) is 9.07 Å². The average Bonchev–Trinajstić information content (AvgIpc) is 2.76. The molecule has 2 aromatic carbocycles. The summed E-state index contributed by atoms with van der Waals surface area (Å²) in [6.45, 7) is 1.64.